The highest BCUT2D eigenvalue weighted by atomic mass is 79.9. The van der Waals surface area contributed by atoms with E-state index in [2.05, 4.69) is 45.5 Å². The number of hydrogen-bond donors (Lipinski definition) is 2. The van der Waals surface area contributed by atoms with Gasteiger partial charge in [-0.05, 0) is 59.1 Å². The first kappa shape index (κ1) is 21.5. The Morgan fingerprint density at radius 1 is 1.16 bits per heavy atom. The van der Waals surface area contributed by atoms with E-state index in [1.54, 1.807) is 18.2 Å². The fraction of sp³-hybridized carbons (Fsp3) is 0.240. The summed E-state index contributed by atoms with van der Waals surface area (Å²) >= 11 is 3.27. The quantitative estimate of drug-likeness (QED) is 0.453. The minimum absolute atomic E-state index is 0.131. The van der Waals surface area contributed by atoms with Gasteiger partial charge in [-0.1, -0.05) is 48.0 Å². The van der Waals surface area contributed by atoms with Crippen molar-refractivity contribution < 1.29 is 14.2 Å². The van der Waals surface area contributed by atoms with Gasteiger partial charge in [0.15, 0.2) is 11.5 Å². The summed E-state index contributed by atoms with van der Waals surface area (Å²) in [6.07, 6.45) is 0.215. The Kier molecular flexibility index (Phi) is 6.39. The van der Waals surface area contributed by atoms with E-state index in [1.165, 1.54) is 11.6 Å². The number of phenols is 1. The van der Waals surface area contributed by atoms with Crippen LogP contribution in [0.1, 0.15) is 47.8 Å². The van der Waals surface area contributed by atoms with Gasteiger partial charge in [0.1, 0.15) is 12.0 Å². The molecule has 0 spiro atoms. The third-order valence-corrected chi connectivity index (χ3v) is 6.00. The Morgan fingerprint density at radius 3 is 2.65 bits per heavy atom. The van der Waals surface area contributed by atoms with E-state index in [9.17, 15) is 9.50 Å². The molecule has 0 fully saturated rings. The van der Waals surface area contributed by atoms with Crippen LogP contribution in [0.5, 0.6) is 11.5 Å². The minimum Gasteiger partial charge on any atom is -0.504 e. The summed E-state index contributed by atoms with van der Waals surface area (Å²) < 4.78 is 19.8. The van der Waals surface area contributed by atoms with Crippen molar-refractivity contribution in [3.63, 3.8) is 0 Å². The molecule has 0 amide bonds. The maximum Gasteiger partial charge on any atom is 0.162 e. The molecule has 6 heteroatoms. The number of ether oxygens (including phenoxy) is 1. The summed E-state index contributed by atoms with van der Waals surface area (Å²) in [4.78, 5) is 4.94. The van der Waals surface area contributed by atoms with Crippen molar-refractivity contribution in [2.24, 2.45) is 4.99 Å². The molecule has 4 rings (SSSR count). The van der Waals surface area contributed by atoms with Crippen molar-refractivity contribution in [3.8, 4) is 11.5 Å². The maximum atomic E-state index is 13.8. The Hall–Kier alpha value is -2.70. The van der Waals surface area contributed by atoms with Gasteiger partial charge in [-0.25, -0.2) is 4.39 Å². The number of benzene rings is 3. The number of para-hydroxylation sites is 1. The summed E-state index contributed by atoms with van der Waals surface area (Å²) in [5.74, 6) is 0.272. The van der Waals surface area contributed by atoms with E-state index < -0.39 is 0 Å². The summed E-state index contributed by atoms with van der Waals surface area (Å²) in [7, 11) is 0. The van der Waals surface area contributed by atoms with Crippen molar-refractivity contribution >= 4 is 21.6 Å². The van der Waals surface area contributed by atoms with Crippen LogP contribution in [-0.2, 0) is 0 Å². The highest BCUT2D eigenvalue weighted by molar-refractivity contribution is 9.10. The zero-order valence-electron chi connectivity index (χ0n) is 17.4. The lowest BCUT2D eigenvalue weighted by atomic mass is 9.93. The molecule has 0 saturated carbocycles. The third-order valence-electron chi connectivity index (χ3n) is 5.39. The van der Waals surface area contributed by atoms with Crippen molar-refractivity contribution in [1.82, 2.24) is 5.32 Å². The molecule has 1 aliphatic rings. The Morgan fingerprint density at radius 2 is 1.94 bits per heavy atom. The molecule has 0 aromatic heterocycles. The van der Waals surface area contributed by atoms with Crippen LogP contribution in [0.2, 0.25) is 0 Å². The summed E-state index contributed by atoms with van der Waals surface area (Å²) in [6.45, 7) is 4.40. The lowest BCUT2D eigenvalue weighted by Crippen LogP contribution is -2.33. The van der Waals surface area contributed by atoms with Gasteiger partial charge in [-0.15, -0.1) is 0 Å². The highest BCUT2D eigenvalue weighted by Gasteiger charge is 2.28. The second-order valence-electron chi connectivity index (χ2n) is 7.57. The van der Waals surface area contributed by atoms with Crippen LogP contribution in [-0.4, -0.2) is 17.4 Å². The molecule has 3 aromatic rings. The van der Waals surface area contributed by atoms with Gasteiger partial charge in [-0.2, -0.15) is 0 Å². The third kappa shape index (κ3) is 4.65. The van der Waals surface area contributed by atoms with E-state index in [0.29, 0.717) is 23.2 Å². The standard InChI is InChI=1S/C25H24BrFN2O2/c1-3-31-23-6-4-5-18(24(23)30)22-14-21(16-9-7-15(2)8-10-16)28-25(29-22)17-11-12-20(27)19(26)13-17/h4-13,22,25,29-30H,3,14H2,1-2H3/t22-,25+/m1/s1. The zero-order chi connectivity index (χ0) is 22.0. The fourth-order valence-corrected chi connectivity index (χ4v) is 4.17. The molecule has 0 unspecified atom stereocenters. The van der Waals surface area contributed by atoms with Crippen molar-refractivity contribution in [1.29, 1.82) is 0 Å². The van der Waals surface area contributed by atoms with Crippen LogP contribution < -0.4 is 10.1 Å². The molecular weight excluding hydrogens is 459 g/mol. The van der Waals surface area contributed by atoms with Gasteiger partial charge < -0.3 is 9.84 Å². The molecule has 31 heavy (non-hydrogen) atoms. The van der Waals surface area contributed by atoms with Crippen molar-refractivity contribution in [2.45, 2.75) is 32.5 Å². The van der Waals surface area contributed by atoms with Gasteiger partial charge in [0.05, 0.1) is 11.1 Å². The lowest BCUT2D eigenvalue weighted by Gasteiger charge is -2.31. The van der Waals surface area contributed by atoms with Crippen LogP contribution in [0, 0.1) is 12.7 Å². The van der Waals surface area contributed by atoms with Gasteiger partial charge in [0, 0.05) is 23.7 Å². The molecule has 3 aromatic carbocycles. The van der Waals surface area contributed by atoms with Crippen molar-refractivity contribution in [3.05, 3.63) is 93.2 Å². The fourth-order valence-electron chi connectivity index (χ4n) is 3.77. The molecule has 0 aliphatic carbocycles. The van der Waals surface area contributed by atoms with Crippen molar-refractivity contribution in [2.75, 3.05) is 6.61 Å². The number of phenolic OH excluding ortho intramolecular Hbond substituents is 1. The van der Waals surface area contributed by atoms with E-state index in [-0.39, 0.29) is 23.8 Å². The summed E-state index contributed by atoms with van der Waals surface area (Å²) in [5.41, 5.74) is 4.72. The van der Waals surface area contributed by atoms with Crippen LogP contribution >= 0.6 is 15.9 Å². The Labute approximate surface area is 189 Å². The SMILES string of the molecule is CCOc1cccc([C@H]2CC(c3ccc(C)cc3)=N[C@H](c3ccc(F)c(Br)c3)N2)c1O. The number of aliphatic imine (C=N–C) groups is 1. The molecule has 0 saturated heterocycles. The number of nitrogens with zero attached hydrogens (tertiary/aromatic N) is 1. The first-order valence-electron chi connectivity index (χ1n) is 10.3. The molecule has 2 N–H and O–H groups in total. The normalized spacial score (nSPS) is 18.5. The molecule has 2 atom stereocenters. The number of aromatic hydroxyl groups is 1. The van der Waals surface area contributed by atoms with E-state index in [4.69, 9.17) is 9.73 Å². The predicted octanol–water partition coefficient (Wildman–Crippen LogP) is 6.22. The Balaban J connectivity index is 1.76. The largest absolute Gasteiger partial charge is 0.504 e. The van der Waals surface area contributed by atoms with Crippen LogP contribution in [0.15, 0.2) is 70.1 Å². The molecular formula is C25H24BrFN2O2. The van der Waals surface area contributed by atoms with Gasteiger partial charge in [0.25, 0.3) is 0 Å². The monoisotopic (exact) mass is 482 g/mol. The second-order valence-corrected chi connectivity index (χ2v) is 8.42. The first-order chi connectivity index (χ1) is 15.0. The number of halogens is 2. The molecule has 160 valence electrons. The number of rotatable bonds is 5. The Bertz CT molecular complexity index is 1120. The van der Waals surface area contributed by atoms with E-state index in [1.807, 2.05) is 26.0 Å². The van der Waals surface area contributed by atoms with E-state index in [0.717, 1.165) is 22.4 Å². The number of aryl methyl sites for hydroxylation is 1. The lowest BCUT2D eigenvalue weighted by molar-refractivity contribution is 0.313. The molecule has 0 bridgehead atoms. The minimum atomic E-state index is -0.387. The van der Waals surface area contributed by atoms with Crippen LogP contribution in [0.3, 0.4) is 0 Å². The first-order valence-corrected chi connectivity index (χ1v) is 11.0. The topological polar surface area (TPSA) is 53.8 Å². The molecule has 1 aliphatic heterocycles. The molecule has 1 heterocycles. The van der Waals surface area contributed by atoms with Gasteiger partial charge in [-0.3, -0.25) is 10.3 Å². The summed E-state index contributed by atoms with van der Waals surface area (Å²) in [6, 6.07) is 18.5. The predicted molar refractivity (Wildman–Crippen MR) is 124 cm³/mol. The van der Waals surface area contributed by atoms with Crippen LogP contribution in [0.4, 0.5) is 4.39 Å². The van der Waals surface area contributed by atoms with E-state index >= 15 is 0 Å². The molecule has 0 radical (unpaired) electrons. The molecule has 4 nitrogen and oxygen atoms in total. The van der Waals surface area contributed by atoms with Gasteiger partial charge >= 0.3 is 0 Å². The maximum absolute atomic E-state index is 13.8. The number of nitrogens with one attached hydrogen (secondary N) is 1. The second kappa shape index (κ2) is 9.20. The smallest absolute Gasteiger partial charge is 0.162 e. The summed E-state index contributed by atoms with van der Waals surface area (Å²) in [5, 5.41) is 14.3. The highest BCUT2D eigenvalue weighted by Crippen LogP contribution is 2.39. The van der Waals surface area contributed by atoms with Crippen LogP contribution in [0.25, 0.3) is 0 Å². The number of hydrogen-bond acceptors (Lipinski definition) is 4. The average molecular weight is 483 g/mol. The average Bonchev–Trinajstić information content (AvgIpc) is 2.77. The van der Waals surface area contributed by atoms with Gasteiger partial charge in [0.2, 0.25) is 0 Å². The zero-order valence-corrected chi connectivity index (χ0v) is 19.0.